The first-order chi connectivity index (χ1) is 22.6. The predicted molar refractivity (Wildman–Crippen MR) is 214 cm³/mol. The number of aryl methyl sites for hydroxylation is 2. The Morgan fingerprint density at radius 2 is 0.917 bits per heavy atom. The van der Waals surface area contributed by atoms with Crippen molar-refractivity contribution in [3.8, 4) is 22.3 Å². The van der Waals surface area contributed by atoms with Gasteiger partial charge < -0.3 is 0 Å². The number of hydrogen-bond acceptors (Lipinski definition) is 0. The molecule has 2 atom stereocenters. The SMILES string of the molecule is Cc1cccc(-c2cccc3c2C=C(CC(C)C)[CH]3[Zr]([Cl])([Cl])([CH]2C(CC(C)C)=Cc3c(-c4cccc(C)c4C)cccc32)[SiH](C)C)c1C. The third-order valence-electron chi connectivity index (χ3n) is 11.6. The molecule has 0 amide bonds. The molecule has 6 rings (SSSR count). The number of allylic oxidation sites excluding steroid dienone is 2. The molecule has 2 aliphatic rings. The van der Waals surface area contributed by atoms with Gasteiger partial charge in [0.25, 0.3) is 0 Å². The van der Waals surface area contributed by atoms with E-state index in [1.165, 1.54) is 77.9 Å². The van der Waals surface area contributed by atoms with Gasteiger partial charge in [-0.2, -0.15) is 0 Å². The van der Waals surface area contributed by atoms with Crippen molar-refractivity contribution in [2.24, 2.45) is 11.8 Å². The first-order valence-corrected chi connectivity index (χ1v) is 34.3. The molecule has 4 aromatic carbocycles. The van der Waals surface area contributed by atoms with Crippen molar-refractivity contribution < 1.29 is 15.6 Å². The van der Waals surface area contributed by atoms with Gasteiger partial charge in [-0.05, 0) is 0 Å². The number of halogens is 2. The molecule has 0 saturated heterocycles. The van der Waals surface area contributed by atoms with E-state index >= 15 is 0 Å². The van der Waals surface area contributed by atoms with Crippen molar-refractivity contribution in [3.63, 3.8) is 0 Å². The Bertz CT molecular complexity index is 1830. The van der Waals surface area contributed by atoms with Gasteiger partial charge in [-0.15, -0.1) is 0 Å². The molecule has 0 spiro atoms. The zero-order chi connectivity index (χ0) is 34.7. The fraction of sp³-hybridized carbons (Fsp3) is 0.364. The van der Waals surface area contributed by atoms with Crippen LogP contribution in [0.3, 0.4) is 0 Å². The van der Waals surface area contributed by atoms with E-state index in [1.54, 1.807) is 0 Å². The van der Waals surface area contributed by atoms with Crippen molar-refractivity contribution in [2.45, 2.75) is 88.6 Å². The summed E-state index contributed by atoms with van der Waals surface area (Å²) in [6, 6.07) is 27.3. The van der Waals surface area contributed by atoms with Crippen LogP contribution in [0.15, 0.2) is 83.9 Å². The summed E-state index contributed by atoms with van der Waals surface area (Å²) >= 11 is -4.90. The van der Waals surface area contributed by atoms with Crippen LogP contribution in [-0.4, -0.2) is 5.92 Å². The average Bonchev–Trinajstić information content (AvgIpc) is 3.58. The molecule has 251 valence electrons. The summed E-state index contributed by atoms with van der Waals surface area (Å²) in [6.07, 6.45) is 7.09. The molecule has 0 saturated carbocycles. The molecule has 48 heavy (non-hydrogen) atoms. The van der Waals surface area contributed by atoms with Crippen molar-refractivity contribution in [3.05, 3.63) is 128 Å². The van der Waals surface area contributed by atoms with E-state index in [1.807, 2.05) is 0 Å². The van der Waals surface area contributed by atoms with Crippen LogP contribution in [0.4, 0.5) is 0 Å². The molecule has 4 heteroatoms. The van der Waals surface area contributed by atoms with E-state index in [2.05, 4.69) is 153 Å². The minimum absolute atomic E-state index is 0.0970. The quantitative estimate of drug-likeness (QED) is 0.149. The summed E-state index contributed by atoms with van der Waals surface area (Å²) in [4.78, 5) is 0. The van der Waals surface area contributed by atoms with Gasteiger partial charge in [-0.25, -0.2) is 0 Å². The van der Waals surface area contributed by atoms with Gasteiger partial charge in [0.2, 0.25) is 0 Å². The summed E-state index contributed by atoms with van der Waals surface area (Å²) < 4.78 is 0.194. The molecular weight excluding hydrogens is 719 g/mol. The molecule has 2 unspecified atom stereocenters. The molecule has 0 fully saturated rings. The number of rotatable bonds is 9. The second-order valence-electron chi connectivity index (χ2n) is 16.0. The number of fused-ring (bicyclic) bond motifs is 2. The normalized spacial score (nSPS) is 18.2. The summed E-state index contributed by atoms with van der Waals surface area (Å²) in [5.41, 5.74) is 19.0. The Hall–Kier alpha value is -1.96. The topological polar surface area (TPSA) is 0 Å². The van der Waals surface area contributed by atoms with Gasteiger partial charge in [0, 0.05) is 0 Å². The van der Waals surface area contributed by atoms with E-state index in [-0.39, 0.29) is 7.25 Å². The van der Waals surface area contributed by atoms with Crippen molar-refractivity contribution in [1.82, 2.24) is 0 Å². The Morgan fingerprint density at radius 3 is 1.27 bits per heavy atom. The standard InChI is InChI=1S/2C21H23.C2H7Si.2ClH.Zr/c2*1-14(2)11-17-12-18-8-6-10-20(21(18)13-17)19-9-5-7-15(3)16(19)4;1-3-2;;;/h2*5-10,12-14H,11H2,1-4H3;3H,1-2H3;2*1H;/q;;;;;+2/p-2. The van der Waals surface area contributed by atoms with E-state index in [0.717, 1.165) is 12.8 Å². The van der Waals surface area contributed by atoms with Crippen molar-refractivity contribution in [2.75, 3.05) is 0 Å². The number of benzene rings is 4. The first kappa shape index (κ1) is 35.9. The van der Waals surface area contributed by atoms with Crippen LogP contribution in [-0.2, 0) is 15.6 Å². The average molecular weight is 772 g/mol. The van der Waals surface area contributed by atoms with Crippen LogP contribution in [0.5, 0.6) is 0 Å². The fourth-order valence-electron chi connectivity index (χ4n) is 8.92. The summed E-state index contributed by atoms with van der Waals surface area (Å²) in [5, 5.41) is 0. The third kappa shape index (κ3) is 5.86. The second-order valence-corrected chi connectivity index (χ2v) is 58.5. The maximum atomic E-state index is 8.82. The van der Waals surface area contributed by atoms with Gasteiger partial charge >= 0.3 is 302 Å². The molecule has 0 bridgehead atoms. The van der Waals surface area contributed by atoms with E-state index in [0.29, 0.717) is 11.8 Å². The van der Waals surface area contributed by atoms with Crippen molar-refractivity contribution in [1.29, 1.82) is 0 Å². The van der Waals surface area contributed by atoms with E-state index < -0.39 is 21.5 Å². The Kier molecular flexibility index (Phi) is 9.93. The molecule has 2 aliphatic carbocycles. The zero-order valence-electron chi connectivity index (χ0n) is 30.6. The molecule has 0 aliphatic heterocycles. The molecule has 0 aromatic heterocycles. The van der Waals surface area contributed by atoms with Crippen LogP contribution >= 0.6 is 17.0 Å². The molecule has 0 radical (unpaired) electrons. The first-order valence-electron chi connectivity index (χ1n) is 18.0. The molecule has 0 nitrogen and oxygen atoms in total. The van der Waals surface area contributed by atoms with Crippen LogP contribution in [0, 0.1) is 39.5 Å². The van der Waals surface area contributed by atoms with Gasteiger partial charge in [0.05, 0.1) is 0 Å². The summed E-state index contributed by atoms with van der Waals surface area (Å²) in [5.74, 6) is -0.643. The van der Waals surface area contributed by atoms with Gasteiger partial charge in [-0.1, -0.05) is 0 Å². The summed E-state index contributed by atoms with van der Waals surface area (Å²) in [6.45, 7) is 23.3. The fourth-order valence-corrected chi connectivity index (χ4v) is 40.3. The maximum absolute atomic E-state index is 8.82. The van der Waals surface area contributed by atoms with Gasteiger partial charge in [-0.3, -0.25) is 0 Å². The van der Waals surface area contributed by atoms with Crippen LogP contribution in [0.1, 0.15) is 92.3 Å². The third-order valence-corrected chi connectivity index (χ3v) is 63.4. The molecule has 4 aromatic rings. The Balaban J connectivity index is 1.64. The second kappa shape index (κ2) is 13.3. The molecule has 0 heterocycles. The van der Waals surface area contributed by atoms with Crippen LogP contribution < -0.4 is 0 Å². The molecular formula is C44H53Cl2SiZr. The number of hydrogen-bond donors (Lipinski definition) is 0. The minimum atomic E-state index is -4.90. The van der Waals surface area contributed by atoms with Gasteiger partial charge in [0.1, 0.15) is 0 Å². The van der Waals surface area contributed by atoms with Gasteiger partial charge in [0.15, 0.2) is 0 Å². The monoisotopic (exact) mass is 769 g/mol. The van der Waals surface area contributed by atoms with E-state index in [4.69, 9.17) is 17.0 Å². The Morgan fingerprint density at radius 1 is 0.562 bits per heavy atom. The van der Waals surface area contributed by atoms with Crippen LogP contribution in [0.2, 0.25) is 13.1 Å². The predicted octanol–water partition coefficient (Wildman–Crippen LogP) is 13.9. The van der Waals surface area contributed by atoms with Crippen molar-refractivity contribution >= 4 is 35.1 Å². The summed E-state index contributed by atoms with van der Waals surface area (Å²) in [7, 11) is 17.6. The zero-order valence-corrected chi connectivity index (χ0v) is 35.8. The van der Waals surface area contributed by atoms with Crippen LogP contribution in [0.25, 0.3) is 34.4 Å². The molecule has 0 N–H and O–H groups in total. The van der Waals surface area contributed by atoms with E-state index in [9.17, 15) is 0 Å². The Labute approximate surface area is 299 Å².